The Labute approximate surface area is 114 Å². The molecule has 0 atom stereocenters. The fraction of sp³-hybridized carbons (Fsp3) is 0.750. The highest BCUT2D eigenvalue weighted by Gasteiger charge is 2.35. The van der Waals surface area contributed by atoms with E-state index in [9.17, 15) is 0 Å². The van der Waals surface area contributed by atoms with E-state index in [0.717, 1.165) is 6.42 Å². The standard InChI is InChI=1S/C16H30OSi/c1-15(2,3)12-10-11-13(17-18(7,8)9)14(12)16(4,5)6/h10H,11H2,1-9H3. The summed E-state index contributed by atoms with van der Waals surface area (Å²) in [6.07, 6.45) is 3.35. The van der Waals surface area contributed by atoms with Crippen molar-refractivity contribution in [1.82, 2.24) is 0 Å². The lowest BCUT2D eigenvalue weighted by atomic mass is 9.74. The Morgan fingerprint density at radius 2 is 1.44 bits per heavy atom. The Morgan fingerprint density at radius 3 is 1.78 bits per heavy atom. The van der Waals surface area contributed by atoms with E-state index >= 15 is 0 Å². The largest absolute Gasteiger partial charge is 0.547 e. The molecular formula is C16H30OSi. The van der Waals surface area contributed by atoms with Crippen LogP contribution < -0.4 is 0 Å². The second-order valence-corrected chi connectivity index (χ2v) is 12.8. The van der Waals surface area contributed by atoms with Crippen LogP contribution in [0.2, 0.25) is 19.6 Å². The van der Waals surface area contributed by atoms with Gasteiger partial charge in [0, 0.05) is 6.42 Å². The molecule has 18 heavy (non-hydrogen) atoms. The first kappa shape index (κ1) is 15.6. The van der Waals surface area contributed by atoms with E-state index < -0.39 is 8.32 Å². The lowest BCUT2D eigenvalue weighted by Crippen LogP contribution is -2.27. The van der Waals surface area contributed by atoms with E-state index in [1.807, 2.05) is 0 Å². The molecule has 0 amide bonds. The Bertz CT molecular complexity index is 381. The third-order valence-electron chi connectivity index (χ3n) is 3.03. The van der Waals surface area contributed by atoms with Gasteiger partial charge in [-0.3, -0.25) is 0 Å². The van der Waals surface area contributed by atoms with Crippen molar-refractivity contribution in [2.45, 2.75) is 67.6 Å². The van der Waals surface area contributed by atoms with Gasteiger partial charge in [-0.1, -0.05) is 47.6 Å². The van der Waals surface area contributed by atoms with E-state index in [-0.39, 0.29) is 10.8 Å². The van der Waals surface area contributed by atoms with Gasteiger partial charge in [-0.2, -0.15) is 0 Å². The topological polar surface area (TPSA) is 9.23 Å². The summed E-state index contributed by atoms with van der Waals surface area (Å²) in [6.45, 7) is 20.5. The average Bonchev–Trinajstić information content (AvgIpc) is 2.41. The number of hydrogen-bond donors (Lipinski definition) is 0. The van der Waals surface area contributed by atoms with Crippen molar-refractivity contribution in [3.05, 3.63) is 23.0 Å². The monoisotopic (exact) mass is 266 g/mol. The predicted octanol–water partition coefficient (Wildman–Crippen LogP) is 5.51. The normalized spacial score (nSPS) is 18.2. The molecule has 0 heterocycles. The Balaban J connectivity index is 3.22. The summed E-state index contributed by atoms with van der Waals surface area (Å²) in [5.74, 6) is 1.23. The predicted molar refractivity (Wildman–Crippen MR) is 83.1 cm³/mol. The van der Waals surface area contributed by atoms with Gasteiger partial charge in [0.05, 0.1) is 5.76 Å². The molecule has 0 radical (unpaired) electrons. The van der Waals surface area contributed by atoms with Crippen molar-refractivity contribution in [1.29, 1.82) is 0 Å². The van der Waals surface area contributed by atoms with Crippen LogP contribution in [0.3, 0.4) is 0 Å². The number of allylic oxidation sites excluding steroid dienone is 3. The minimum absolute atomic E-state index is 0.157. The van der Waals surface area contributed by atoms with Gasteiger partial charge in [0.25, 0.3) is 0 Å². The molecule has 1 aliphatic carbocycles. The number of rotatable bonds is 2. The summed E-state index contributed by atoms with van der Waals surface area (Å²) in [4.78, 5) is 0. The number of hydrogen-bond acceptors (Lipinski definition) is 1. The molecule has 0 N–H and O–H groups in total. The van der Waals surface area contributed by atoms with E-state index in [1.54, 1.807) is 0 Å². The zero-order valence-corrected chi connectivity index (χ0v) is 14.7. The second-order valence-electron chi connectivity index (χ2n) is 8.33. The Kier molecular flexibility index (Phi) is 3.93. The Hall–Kier alpha value is -0.503. The Morgan fingerprint density at radius 1 is 0.944 bits per heavy atom. The van der Waals surface area contributed by atoms with E-state index in [1.165, 1.54) is 16.9 Å². The lowest BCUT2D eigenvalue weighted by molar-refractivity contribution is 0.375. The third kappa shape index (κ3) is 3.74. The second kappa shape index (κ2) is 4.55. The molecule has 0 unspecified atom stereocenters. The molecule has 0 aromatic rings. The van der Waals surface area contributed by atoms with Crippen molar-refractivity contribution in [3.63, 3.8) is 0 Å². The van der Waals surface area contributed by atoms with Gasteiger partial charge in [0.15, 0.2) is 0 Å². The van der Waals surface area contributed by atoms with Crippen LogP contribution in [0.1, 0.15) is 48.0 Å². The van der Waals surface area contributed by atoms with Gasteiger partial charge in [-0.25, -0.2) is 0 Å². The molecule has 0 saturated carbocycles. The summed E-state index contributed by atoms with van der Waals surface area (Å²) >= 11 is 0. The van der Waals surface area contributed by atoms with Crippen LogP contribution in [0.5, 0.6) is 0 Å². The maximum atomic E-state index is 6.33. The fourth-order valence-electron chi connectivity index (χ4n) is 2.51. The maximum absolute atomic E-state index is 6.33. The van der Waals surface area contributed by atoms with Gasteiger partial charge in [0.1, 0.15) is 0 Å². The smallest absolute Gasteiger partial charge is 0.241 e. The fourth-order valence-corrected chi connectivity index (χ4v) is 3.44. The molecule has 1 rings (SSSR count). The zero-order valence-electron chi connectivity index (χ0n) is 13.7. The van der Waals surface area contributed by atoms with Crippen molar-refractivity contribution in [2.75, 3.05) is 0 Å². The lowest BCUT2D eigenvalue weighted by Gasteiger charge is -2.33. The summed E-state index contributed by atoms with van der Waals surface area (Å²) in [6, 6.07) is 0. The summed E-state index contributed by atoms with van der Waals surface area (Å²) < 4.78 is 6.33. The minimum Gasteiger partial charge on any atom is -0.547 e. The molecule has 0 saturated heterocycles. The van der Waals surface area contributed by atoms with Crippen molar-refractivity contribution in [3.8, 4) is 0 Å². The highest BCUT2D eigenvalue weighted by atomic mass is 28.4. The summed E-state index contributed by atoms with van der Waals surface area (Å²) in [5.41, 5.74) is 3.28. The molecule has 1 aliphatic rings. The molecular weight excluding hydrogens is 236 g/mol. The molecule has 0 aliphatic heterocycles. The van der Waals surface area contributed by atoms with Crippen molar-refractivity contribution < 1.29 is 4.43 Å². The molecule has 104 valence electrons. The van der Waals surface area contributed by atoms with Crippen molar-refractivity contribution in [2.24, 2.45) is 10.8 Å². The molecule has 0 spiro atoms. The zero-order chi connectivity index (χ0) is 14.4. The molecule has 2 heteroatoms. The van der Waals surface area contributed by atoms with Gasteiger partial charge in [-0.05, 0) is 41.6 Å². The van der Waals surface area contributed by atoms with E-state index in [4.69, 9.17) is 4.43 Å². The molecule has 0 fully saturated rings. The summed E-state index contributed by atoms with van der Waals surface area (Å²) in [5, 5.41) is 0. The third-order valence-corrected chi connectivity index (χ3v) is 3.89. The van der Waals surface area contributed by atoms with Gasteiger partial charge < -0.3 is 4.43 Å². The van der Waals surface area contributed by atoms with Crippen LogP contribution in [-0.4, -0.2) is 8.32 Å². The average molecular weight is 267 g/mol. The van der Waals surface area contributed by atoms with Crippen molar-refractivity contribution >= 4 is 8.32 Å². The summed E-state index contributed by atoms with van der Waals surface area (Å²) in [7, 11) is -1.52. The first-order valence-electron chi connectivity index (χ1n) is 6.96. The molecule has 0 aromatic heterocycles. The highest BCUT2D eigenvalue weighted by Crippen LogP contribution is 2.47. The maximum Gasteiger partial charge on any atom is 0.241 e. The molecule has 1 nitrogen and oxygen atoms in total. The van der Waals surface area contributed by atoms with Gasteiger partial charge in [-0.15, -0.1) is 0 Å². The quantitative estimate of drug-likeness (QED) is 0.598. The first-order valence-corrected chi connectivity index (χ1v) is 10.4. The van der Waals surface area contributed by atoms with Crippen LogP contribution in [-0.2, 0) is 4.43 Å². The molecule has 0 bridgehead atoms. The van der Waals surface area contributed by atoms with Gasteiger partial charge in [0.2, 0.25) is 8.32 Å². The SMILES string of the molecule is CC(C)(C)C1=CCC(O[Si](C)(C)C)=C1C(C)(C)C. The van der Waals surface area contributed by atoms with Gasteiger partial charge >= 0.3 is 0 Å². The van der Waals surface area contributed by atoms with Crippen LogP contribution in [0.4, 0.5) is 0 Å². The molecule has 0 aromatic carbocycles. The van der Waals surface area contributed by atoms with E-state index in [0.29, 0.717) is 0 Å². The highest BCUT2D eigenvalue weighted by molar-refractivity contribution is 6.70. The van der Waals surface area contributed by atoms with Crippen LogP contribution in [0, 0.1) is 10.8 Å². The van der Waals surface area contributed by atoms with Crippen LogP contribution in [0.25, 0.3) is 0 Å². The van der Waals surface area contributed by atoms with Crippen LogP contribution >= 0.6 is 0 Å². The van der Waals surface area contributed by atoms with Crippen LogP contribution in [0.15, 0.2) is 23.0 Å². The minimum atomic E-state index is -1.52. The van der Waals surface area contributed by atoms with E-state index in [2.05, 4.69) is 67.3 Å². The first-order chi connectivity index (χ1) is 7.82.